The van der Waals surface area contributed by atoms with Crippen molar-refractivity contribution in [2.75, 3.05) is 0 Å². The van der Waals surface area contributed by atoms with Crippen molar-refractivity contribution in [1.82, 2.24) is 0 Å². The predicted octanol–water partition coefficient (Wildman–Crippen LogP) is 3.13. The molecule has 76 valence electrons. The molecule has 1 heterocycles. The van der Waals surface area contributed by atoms with E-state index in [9.17, 15) is 8.78 Å². The number of thiophene rings is 1. The molecule has 0 amide bonds. The van der Waals surface area contributed by atoms with Crippen molar-refractivity contribution in [3.8, 4) is 0 Å². The van der Waals surface area contributed by atoms with Crippen LogP contribution in [0.1, 0.15) is 22.2 Å². The molecule has 0 aliphatic heterocycles. The average molecular weight is 228 g/mol. The first kappa shape index (κ1) is 12.8. The third kappa shape index (κ3) is 4.02. The number of aryl methyl sites for hydroxylation is 1. The second kappa shape index (κ2) is 5.52. The Morgan fingerprint density at radius 2 is 2.08 bits per heavy atom. The van der Waals surface area contributed by atoms with Crippen LogP contribution in [0.3, 0.4) is 0 Å². The monoisotopic (exact) mass is 227 g/mol. The number of rotatable bonds is 3. The highest BCUT2D eigenvalue weighted by Crippen LogP contribution is 2.24. The van der Waals surface area contributed by atoms with Crippen molar-refractivity contribution in [3.05, 3.63) is 21.9 Å². The normalized spacial score (nSPS) is 12.7. The smallest absolute Gasteiger partial charge is 0.240 e. The van der Waals surface area contributed by atoms with Crippen LogP contribution in [0.15, 0.2) is 12.1 Å². The molecule has 0 aliphatic carbocycles. The summed E-state index contributed by atoms with van der Waals surface area (Å²) < 4.78 is 23.8. The summed E-state index contributed by atoms with van der Waals surface area (Å²) in [5.41, 5.74) is 5.54. The van der Waals surface area contributed by atoms with Gasteiger partial charge in [-0.1, -0.05) is 0 Å². The van der Waals surface area contributed by atoms with Gasteiger partial charge in [-0.3, -0.25) is 0 Å². The molecule has 5 heteroatoms. The highest BCUT2D eigenvalue weighted by Gasteiger charge is 2.13. The molecular weight excluding hydrogens is 216 g/mol. The summed E-state index contributed by atoms with van der Waals surface area (Å²) in [4.78, 5) is 1.95. The Kier molecular flexibility index (Phi) is 5.44. The molecule has 1 atom stereocenters. The maximum Gasteiger partial charge on any atom is 0.240 e. The Labute approximate surface area is 86.4 Å². The summed E-state index contributed by atoms with van der Waals surface area (Å²) in [7, 11) is 0. The largest absolute Gasteiger partial charge is 0.323 e. The molecule has 0 bridgehead atoms. The average Bonchev–Trinajstić information content (AvgIpc) is 2.34. The lowest BCUT2D eigenvalue weighted by Gasteiger charge is -2.07. The van der Waals surface area contributed by atoms with Gasteiger partial charge in [0.25, 0.3) is 0 Å². The van der Waals surface area contributed by atoms with E-state index in [2.05, 4.69) is 0 Å². The zero-order valence-corrected chi connectivity index (χ0v) is 8.80. The maximum atomic E-state index is 11.9. The fourth-order valence-electron chi connectivity index (χ4n) is 0.961. The lowest BCUT2D eigenvalue weighted by Crippen LogP contribution is -2.12. The van der Waals surface area contributed by atoms with Crippen molar-refractivity contribution in [2.24, 2.45) is 5.73 Å². The van der Waals surface area contributed by atoms with E-state index >= 15 is 0 Å². The van der Waals surface area contributed by atoms with Crippen molar-refractivity contribution < 1.29 is 8.78 Å². The highest BCUT2D eigenvalue weighted by molar-refractivity contribution is 7.12. The van der Waals surface area contributed by atoms with Crippen LogP contribution in [-0.4, -0.2) is 6.43 Å². The van der Waals surface area contributed by atoms with E-state index in [4.69, 9.17) is 5.73 Å². The maximum absolute atomic E-state index is 11.9. The quantitative estimate of drug-likeness (QED) is 0.844. The lowest BCUT2D eigenvalue weighted by molar-refractivity contribution is 0.129. The molecule has 0 aliphatic rings. The van der Waals surface area contributed by atoms with Gasteiger partial charge in [-0.25, -0.2) is 8.78 Å². The Morgan fingerprint density at radius 1 is 1.46 bits per heavy atom. The Hall–Kier alpha value is -0.190. The van der Waals surface area contributed by atoms with Crippen LogP contribution >= 0.6 is 23.7 Å². The van der Waals surface area contributed by atoms with Crippen molar-refractivity contribution in [1.29, 1.82) is 0 Å². The highest BCUT2D eigenvalue weighted by atomic mass is 35.5. The zero-order chi connectivity index (χ0) is 9.14. The van der Waals surface area contributed by atoms with E-state index in [1.165, 1.54) is 11.3 Å². The van der Waals surface area contributed by atoms with Gasteiger partial charge >= 0.3 is 0 Å². The van der Waals surface area contributed by atoms with Crippen LogP contribution in [0.5, 0.6) is 0 Å². The van der Waals surface area contributed by atoms with E-state index in [1.54, 1.807) is 0 Å². The molecule has 1 aromatic rings. The molecule has 0 saturated carbocycles. The summed E-state index contributed by atoms with van der Waals surface area (Å²) in [6, 6.07) is 3.20. The van der Waals surface area contributed by atoms with Crippen LogP contribution in [0.4, 0.5) is 8.78 Å². The van der Waals surface area contributed by atoms with E-state index in [-0.39, 0.29) is 18.8 Å². The van der Waals surface area contributed by atoms with Crippen LogP contribution < -0.4 is 5.73 Å². The van der Waals surface area contributed by atoms with Gasteiger partial charge in [-0.05, 0) is 19.1 Å². The molecule has 0 spiro atoms. The summed E-state index contributed by atoms with van der Waals surface area (Å²) in [6.45, 7) is 1.93. The van der Waals surface area contributed by atoms with E-state index in [1.807, 2.05) is 19.1 Å². The third-order valence-electron chi connectivity index (χ3n) is 1.56. The minimum Gasteiger partial charge on any atom is -0.323 e. The summed E-state index contributed by atoms with van der Waals surface area (Å²) >= 11 is 1.48. The minimum absolute atomic E-state index is 0. The van der Waals surface area contributed by atoms with Crippen molar-refractivity contribution in [2.45, 2.75) is 25.8 Å². The fourth-order valence-corrected chi connectivity index (χ4v) is 1.85. The molecule has 1 aromatic heterocycles. The summed E-state index contributed by atoms with van der Waals surface area (Å²) in [6.07, 6.45) is -2.57. The van der Waals surface area contributed by atoms with Crippen LogP contribution in [0.2, 0.25) is 0 Å². The van der Waals surface area contributed by atoms with Crippen LogP contribution in [0.25, 0.3) is 0 Å². The molecule has 0 aromatic carbocycles. The Balaban J connectivity index is 0.00000144. The Bertz CT molecular complexity index is 252. The molecule has 1 rings (SSSR count). The fraction of sp³-hybridized carbons (Fsp3) is 0.500. The SMILES string of the molecule is Cc1ccc([C@H](N)CC(F)F)s1.Cl. The van der Waals surface area contributed by atoms with Crippen LogP contribution in [-0.2, 0) is 0 Å². The predicted molar refractivity (Wildman–Crippen MR) is 53.9 cm³/mol. The molecular formula is C8H12ClF2NS. The number of halogens is 3. The molecule has 13 heavy (non-hydrogen) atoms. The van der Waals surface area contributed by atoms with Crippen LogP contribution in [0, 0.1) is 6.92 Å². The Morgan fingerprint density at radius 3 is 2.46 bits per heavy atom. The van der Waals surface area contributed by atoms with Gasteiger partial charge in [0.2, 0.25) is 6.43 Å². The first-order valence-electron chi connectivity index (χ1n) is 3.69. The minimum atomic E-state index is -2.32. The molecule has 0 unspecified atom stereocenters. The number of hydrogen-bond acceptors (Lipinski definition) is 2. The summed E-state index contributed by atoms with van der Waals surface area (Å²) in [5.74, 6) is 0. The molecule has 1 nitrogen and oxygen atoms in total. The molecule has 0 radical (unpaired) electrons. The van der Waals surface area contributed by atoms with Gasteiger partial charge in [0.05, 0.1) is 0 Å². The van der Waals surface area contributed by atoms with Gasteiger partial charge < -0.3 is 5.73 Å². The van der Waals surface area contributed by atoms with Crippen molar-refractivity contribution >= 4 is 23.7 Å². The lowest BCUT2D eigenvalue weighted by atomic mass is 10.2. The topological polar surface area (TPSA) is 26.0 Å². The van der Waals surface area contributed by atoms with E-state index in [0.717, 1.165) is 9.75 Å². The molecule has 0 fully saturated rings. The second-order valence-corrected chi connectivity index (χ2v) is 4.00. The van der Waals surface area contributed by atoms with Gasteiger partial charge in [-0.2, -0.15) is 0 Å². The first-order chi connectivity index (χ1) is 5.59. The van der Waals surface area contributed by atoms with Gasteiger partial charge in [0, 0.05) is 22.2 Å². The zero-order valence-electron chi connectivity index (χ0n) is 7.17. The van der Waals surface area contributed by atoms with Gasteiger partial charge in [0.15, 0.2) is 0 Å². The molecule has 0 saturated heterocycles. The number of alkyl halides is 2. The third-order valence-corrected chi connectivity index (χ3v) is 2.69. The van der Waals surface area contributed by atoms with Gasteiger partial charge in [-0.15, -0.1) is 23.7 Å². The van der Waals surface area contributed by atoms with Gasteiger partial charge in [0.1, 0.15) is 0 Å². The molecule has 2 N–H and O–H groups in total. The summed E-state index contributed by atoms with van der Waals surface area (Å²) in [5, 5.41) is 0. The standard InChI is InChI=1S/C8H11F2NS.ClH/c1-5-2-3-7(12-5)6(11)4-8(9)10;/h2-3,6,8H,4,11H2,1H3;1H/t6-;/m1./s1. The second-order valence-electron chi connectivity index (χ2n) is 2.68. The number of nitrogens with two attached hydrogens (primary N) is 1. The number of hydrogen-bond donors (Lipinski definition) is 1. The van der Waals surface area contributed by atoms with Crippen molar-refractivity contribution in [3.63, 3.8) is 0 Å². The first-order valence-corrected chi connectivity index (χ1v) is 4.51. The van der Waals surface area contributed by atoms with E-state index in [0.29, 0.717) is 0 Å². The van der Waals surface area contributed by atoms with E-state index < -0.39 is 12.5 Å².